The maximum atomic E-state index is 14.0. The van der Waals surface area contributed by atoms with Gasteiger partial charge in [0.05, 0.1) is 17.7 Å². The lowest BCUT2D eigenvalue weighted by molar-refractivity contribution is -0.140. The van der Waals surface area contributed by atoms with Crippen molar-refractivity contribution in [1.82, 2.24) is 0 Å². The van der Waals surface area contributed by atoms with Gasteiger partial charge in [0.15, 0.2) is 0 Å². The molecule has 1 saturated carbocycles. The summed E-state index contributed by atoms with van der Waals surface area (Å²) >= 11 is 0. The second kappa shape index (κ2) is 5.69. The first-order chi connectivity index (χ1) is 9.32. The average Bonchev–Trinajstić information content (AvgIpc) is 2.89. The average molecular weight is 291 g/mol. The van der Waals surface area contributed by atoms with Crippen molar-refractivity contribution < 1.29 is 22.7 Å². The molecule has 1 aromatic carbocycles. The highest BCUT2D eigenvalue weighted by Gasteiger charge is 2.37. The van der Waals surface area contributed by atoms with Gasteiger partial charge in [0.1, 0.15) is 5.82 Å². The Morgan fingerprint density at radius 3 is 2.35 bits per heavy atom. The molecule has 0 spiro atoms. The second-order valence-corrected chi connectivity index (χ2v) is 5.27. The molecule has 2 nitrogen and oxygen atoms in total. The molecular weight excluding hydrogens is 274 g/mol. The van der Waals surface area contributed by atoms with Gasteiger partial charge in [-0.1, -0.05) is 25.0 Å². The molecule has 0 saturated heterocycles. The fourth-order valence-electron chi connectivity index (χ4n) is 2.80. The summed E-state index contributed by atoms with van der Waals surface area (Å²) in [7, 11) is 0. The number of rotatable bonds is 3. The van der Waals surface area contributed by atoms with E-state index >= 15 is 0 Å². The number of halogens is 4. The molecule has 0 aliphatic heterocycles. The van der Waals surface area contributed by atoms with Crippen LogP contribution in [0.15, 0.2) is 18.2 Å². The predicted molar refractivity (Wildman–Crippen MR) is 66.3 cm³/mol. The predicted octanol–water partition coefficient (Wildman–Crippen LogP) is 3.40. The van der Waals surface area contributed by atoms with Crippen molar-refractivity contribution in [2.75, 3.05) is 0 Å². The molecule has 0 amide bonds. The lowest BCUT2D eigenvalue weighted by Crippen LogP contribution is -2.33. The van der Waals surface area contributed by atoms with Gasteiger partial charge in [-0.25, -0.2) is 4.39 Å². The zero-order valence-corrected chi connectivity index (χ0v) is 10.8. The Morgan fingerprint density at radius 1 is 1.20 bits per heavy atom. The summed E-state index contributed by atoms with van der Waals surface area (Å²) in [5.74, 6) is -1.46. The summed E-state index contributed by atoms with van der Waals surface area (Å²) in [6.07, 6.45) is -2.32. The summed E-state index contributed by atoms with van der Waals surface area (Å²) in [4.78, 5) is 0. The van der Waals surface area contributed by atoms with E-state index in [0.29, 0.717) is 6.07 Å². The zero-order valence-electron chi connectivity index (χ0n) is 10.8. The molecule has 6 heteroatoms. The normalized spacial score (nSPS) is 20.1. The van der Waals surface area contributed by atoms with Crippen LogP contribution in [0.1, 0.15) is 42.9 Å². The van der Waals surface area contributed by atoms with E-state index in [1.807, 2.05) is 0 Å². The standard InChI is InChI=1S/C14H17F4NO/c15-11-9(6-3-7-10(11)14(16,17)18)12(19)13(20)8-4-1-2-5-8/h3,6-8,12-13,20H,1-2,4-5,19H2/t12-,13+/m0/s1. The highest BCUT2D eigenvalue weighted by molar-refractivity contribution is 5.31. The van der Waals surface area contributed by atoms with Crippen molar-refractivity contribution >= 4 is 0 Å². The summed E-state index contributed by atoms with van der Waals surface area (Å²) in [6, 6.07) is 1.85. The van der Waals surface area contributed by atoms with Gasteiger partial charge in [0.2, 0.25) is 0 Å². The molecule has 1 aliphatic carbocycles. The molecule has 3 N–H and O–H groups in total. The third-order valence-electron chi connectivity index (χ3n) is 3.94. The van der Waals surface area contributed by atoms with E-state index < -0.39 is 29.7 Å². The third-order valence-corrected chi connectivity index (χ3v) is 3.94. The van der Waals surface area contributed by atoms with Crippen LogP contribution in [0.4, 0.5) is 17.6 Å². The van der Waals surface area contributed by atoms with Crippen molar-refractivity contribution in [1.29, 1.82) is 0 Å². The lowest BCUT2D eigenvalue weighted by Gasteiger charge is -2.25. The van der Waals surface area contributed by atoms with Crippen LogP contribution in [0, 0.1) is 11.7 Å². The van der Waals surface area contributed by atoms with Crippen LogP contribution in [0.3, 0.4) is 0 Å². The molecule has 20 heavy (non-hydrogen) atoms. The topological polar surface area (TPSA) is 46.2 Å². The number of benzene rings is 1. The quantitative estimate of drug-likeness (QED) is 0.838. The molecule has 1 fully saturated rings. The van der Waals surface area contributed by atoms with Crippen molar-refractivity contribution in [2.45, 2.75) is 44.0 Å². The number of nitrogens with two attached hydrogens (primary N) is 1. The molecule has 0 aromatic heterocycles. The number of alkyl halides is 3. The van der Waals surface area contributed by atoms with Gasteiger partial charge in [0, 0.05) is 5.56 Å². The first-order valence-electron chi connectivity index (χ1n) is 6.61. The Kier molecular flexibility index (Phi) is 4.34. The Labute approximate surface area is 114 Å². The molecular formula is C14H17F4NO. The van der Waals surface area contributed by atoms with Crippen LogP contribution in [-0.2, 0) is 6.18 Å². The lowest BCUT2D eigenvalue weighted by atomic mass is 9.90. The van der Waals surface area contributed by atoms with Gasteiger partial charge in [-0.2, -0.15) is 13.2 Å². The second-order valence-electron chi connectivity index (χ2n) is 5.27. The Morgan fingerprint density at radius 2 is 1.80 bits per heavy atom. The van der Waals surface area contributed by atoms with Gasteiger partial charge in [-0.15, -0.1) is 0 Å². The largest absolute Gasteiger partial charge is 0.419 e. The van der Waals surface area contributed by atoms with Gasteiger partial charge in [-0.3, -0.25) is 0 Å². The Balaban J connectivity index is 2.28. The van der Waals surface area contributed by atoms with Gasteiger partial charge in [-0.05, 0) is 24.8 Å². The number of hydrogen-bond donors (Lipinski definition) is 2. The Bertz CT molecular complexity index is 469. The maximum absolute atomic E-state index is 14.0. The number of aliphatic hydroxyl groups excluding tert-OH is 1. The molecule has 1 aromatic rings. The highest BCUT2D eigenvalue weighted by Crippen LogP contribution is 2.36. The molecule has 112 valence electrons. The SMILES string of the molecule is N[C@@H](c1cccc(C(F)(F)F)c1F)[C@H](O)C1CCCC1. The van der Waals surface area contributed by atoms with Crippen LogP contribution in [0.5, 0.6) is 0 Å². The van der Waals surface area contributed by atoms with E-state index in [9.17, 15) is 22.7 Å². The fourth-order valence-corrected chi connectivity index (χ4v) is 2.80. The van der Waals surface area contributed by atoms with Gasteiger partial charge in [0.25, 0.3) is 0 Å². The molecule has 2 rings (SSSR count). The molecule has 1 aliphatic rings. The minimum Gasteiger partial charge on any atom is -0.391 e. The molecule has 0 radical (unpaired) electrons. The summed E-state index contributed by atoms with van der Waals surface area (Å²) in [6.45, 7) is 0. The fraction of sp³-hybridized carbons (Fsp3) is 0.571. The smallest absolute Gasteiger partial charge is 0.391 e. The van der Waals surface area contributed by atoms with Gasteiger partial charge < -0.3 is 10.8 Å². The minimum absolute atomic E-state index is 0.0704. The molecule has 0 heterocycles. The maximum Gasteiger partial charge on any atom is 0.419 e. The summed E-state index contributed by atoms with van der Waals surface area (Å²) in [5.41, 5.74) is 4.15. The van der Waals surface area contributed by atoms with Crippen molar-refractivity contribution in [3.05, 3.63) is 35.1 Å². The van der Waals surface area contributed by atoms with Crippen molar-refractivity contribution in [2.24, 2.45) is 11.7 Å². The number of hydrogen-bond acceptors (Lipinski definition) is 2. The van der Waals surface area contributed by atoms with Crippen LogP contribution in [0.25, 0.3) is 0 Å². The molecule has 0 bridgehead atoms. The van der Waals surface area contributed by atoms with E-state index in [1.165, 1.54) is 6.07 Å². The highest BCUT2D eigenvalue weighted by atomic mass is 19.4. The van der Waals surface area contributed by atoms with E-state index in [4.69, 9.17) is 5.73 Å². The Hall–Kier alpha value is -1.14. The van der Waals surface area contributed by atoms with E-state index in [-0.39, 0.29) is 11.5 Å². The molecule has 2 atom stereocenters. The molecule has 0 unspecified atom stereocenters. The summed E-state index contributed by atoms with van der Waals surface area (Å²) in [5, 5.41) is 10.1. The van der Waals surface area contributed by atoms with Crippen LogP contribution in [0.2, 0.25) is 0 Å². The van der Waals surface area contributed by atoms with E-state index in [2.05, 4.69) is 0 Å². The van der Waals surface area contributed by atoms with E-state index in [0.717, 1.165) is 31.7 Å². The zero-order chi connectivity index (χ0) is 14.9. The first-order valence-corrected chi connectivity index (χ1v) is 6.61. The van der Waals surface area contributed by atoms with Crippen LogP contribution >= 0.6 is 0 Å². The van der Waals surface area contributed by atoms with Crippen molar-refractivity contribution in [3.8, 4) is 0 Å². The van der Waals surface area contributed by atoms with Crippen LogP contribution < -0.4 is 5.73 Å². The van der Waals surface area contributed by atoms with Gasteiger partial charge >= 0.3 is 6.18 Å². The van der Waals surface area contributed by atoms with Crippen molar-refractivity contribution in [3.63, 3.8) is 0 Å². The number of aliphatic hydroxyl groups is 1. The van der Waals surface area contributed by atoms with E-state index in [1.54, 1.807) is 0 Å². The minimum atomic E-state index is -4.77. The van der Waals surface area contributed by atoms with Crippen LogP contribution in [-0.4, -0.2) is 11.2 Å². The third kappa shape index (κ3) is 2.96. The summed E-state index contributed by atoms with van der Waals surface area (Å²) < 4.78 is 51.9. The monoisotopic (exact) mass is 291 g/mol. The first kappa shape index (κ1) is 15.3.